The standard InChI is InChI=1S/C17H35N3O2/c1-5-13(2)8-6-7-9-15(12-19-4)20-17(18)14(3)10-11-16(21)22/h13-16,21-22H,4-12H2,1-3H3,(H2,18,20). The zero-order chi connectivity index (χ0) is 17.0. The second kappa shape index (κ2) is 12.6. The van der Waals surface area contributed by atoms with Gasteiger partial charge in [0.25, 0.3) is 0 Å². The fourth-order valence-corrected chi connectivity index (χ4v) is 2.31. The first-order valence-electron chi connectivity index (χ1n) is 8.52. The van der Waals surface area contributed by atoms with Crippen molar-refractivity contribution >= 4 is 12.6 Å². The molecular weight excluding hydrogens is 278 g/mol. The van der Waals surface area contributed by atoms with Gasteiger partial charge in [0.2, 0.25) is 0 Å². The first-order chi connectivity index (χ1) is 10.4. The molecule has 0 radical (unpaired) electrons. The maximum Gasteiger partial charge on any atom is 0.151 e. The van der Waals surface area contributed by atoms with Crippen molar-refractivity contribution in [2.24, 2.45) is 27.6 Å². The number of aliphatic imine (C=N–C) groups is 2. The molecule has 0 aromatic rings. The molecule has 0 aliphatic rings. The van der Waals surface area contributed by atoms with Crippen LogP contribution in [-0.4, -0.2) is 41.6 Å². The topological polar surface area (TPSA) is 91.2 Å². The molecular formula is C17H35N3O2. The fraction of sp³-hybridized carbons (Fsp3) is 0.882. The van der Waals surface area contributed by atoms with Crippen molar-refractivity contribution in [3.8, 4) is 0 Å². The smallest absolute Gasteiger partial charge is 0.151 e. The lowest BCUT2D eigenvalue weighted by Crippen LogP contribution is -2.26. The molecule has 0 aliphatic heterocycles. The maximum absolute atomic E-state index is 8.91. The molecule has 0 rings (SSSR count). The van der Waals surface area contributed by atoms with Gasteiger partial charge in [-0.15, -0.1) is 0 Å². The lowest BCUT2D eigenvalue weighted by atomic mass is 9.99. The van der Waals surface area contributed by atoms with Crippen LogP contribution in [0.2, 0.25) is 0 Å². The van der Waals surface area contributed by atoms with Crippen molar-refractivity contribution in [2.45, 2.75) is 78.0 Å². The summed E-state index contributed by atoms with van der Waals surface area (Å²) in [4.78, 5) is 8.54. The van der Waals surface area contributed by atoms with E-state index in [1.807, 2.05) is 6.92 Å². The summed E-state index contributed by atoms with van der Waals surface area (Å²) < 4.78 is 0. The molecule has 0 aromatic heterocycles. The second-order valence-corrected chi connectivity index (χ2v) is 6.37. The molecule has 0 fully saturated rings. The predicted octanol–water partition coefficient (Wildman–Crippen LogP) is 2.75. The third-order valence-electron chi connectivity index (χ3n) is 4.22. The van der Waals surface area contributed by atoms with E-state index < -0.39 is 6.29 Å². The monoisotopic (exact) mass is 313 g/mol. The highest BCUT2D eigenvalue weighted by Gasteiger charge is 2.13. The number of unbranched alkanes of at least 4 members (excludes halogenated alkanes) is 1. The minimum atomic E-state index is -1.28. The molecule has 0 aliphatic carbocycles. The minimum absolute atomic E-state index is 0.0502. The Morgan fingerprint density at radius 3 is 2.27 bits per heavy atom. The van der Waals surface area contributed by atoms with Crippen LogP contribution < -0.4 is 5.73 Å². The third kappa shape index (κ3) is 10.7. The van der Waals surface area contributed by atoms with E-state index in [2.05, 4.69) is 30.5 Å². The highest BCUT2D eigenvalue weighted by atomic mass is 16.5. The molecule has 5 heteroatoms. The van der Waals surface area contributed by atoms with Crippen molar-refractivity contribution in [3.63, 3.8) is 0 Å². The summed E-state index contributed by atoms with van der Waals surface area (Å²) in [6.07, 6.45) is 5.47. The van der Waals surface area contributed by atoms with E-state index >= 15 is 0 Å². The molecule has 0 heterocycles. The van der Waals surface area contributed by atoms with E-state index in [-0.39, 0.29) is 12.0 Å². The minimum Gasteiger partial charge on any atom is -0.387 e. The molecule has 0 amide bonds. The van der Waals surface area contributed by atoms with Crippen LogP contribution >= 0.6 is 0 Å². The number of nitrogens with zero attached hydrogens (tertiary/aromatic N) is 2. The summed E-state index contributed by atoms with van der Waals surface area (Å²) in [5.41, 5.74) is 6.03. The Balaban J connectivity index is 4.29. The van der Waals surface area contributed by atoms with Crippen molar-refractivity contribution < 1.29 is 10.2 Å². The Labute approximate surface area is 135 Å². The normalized spacial score (nSPS) is 16.5. The van der Waals surface area contributed by atoms with Crippen LogP contribution in [0.5, 0.6) is 0 Å². The molecule has 0 saturated heterocycles. The van der Waals surface area contributed by atoms with Crippen LogP contribution in [0.4, 0.5) is 0 Å². The van der Waals surface area contributed by atoms with E-state index in [0.29, 0.717) is 25.2 Å². The summed E-state index contributed by atoms with van der Waals surface area (Å²) in [6.45, 7) is 10.6. The summed E-state index contributed by atoms with van der Waals surface area (Å²) in [5, 5.41) is 17.8. The predicted molar refractivity (Wildman–Crippen MR) is 94.4 cm³/mol. The van der Waals surface area contributed by atoms with Gasteiger partial charge < -0.3 is 15.9 Å². The van der Waals surface area contributed by atoms with Gasteiger partial charge >= 0.3 is 0 Å². The van der Waals surface area contributed by atoms with Crippen molar-refractivity contribution in [3.05, 3.63) is 0 Å². The first-order valence-corrected chi connectivity index (χ1v) is 8.52. The summed E-state index contributed by atoms with van der Waals surface area (Å²) >= 11 is 0. The van der Waals surface area contributed by atoms with Crippen LogP contribution in [0.3, 0.4) is 0 Å². The quantitative estimate of drug-likeness (QED) is 0.211. The molecule has 0 bridgehead atoms. The van der Waals surface area contributed by atoms with Gasteiger partial charge in [-0.3, -0.25) is 9.98 Å². The summed E-state index contributed by atoms with van der Waals surface area (Å²) in [7, 11) is 0. The molecule has 0 spiro atoms. The van der Waals surface area contributed by atoms with Crippen LogP contribution in [0.25, 0.3) is 0 Å². The van der Waals surface area contributed by atoms with E-state index in [1.54, 1.807) is 0 Å². The number of amidine groups is 1. The van der Waals surface area contributed by atoms with Gasteiger partial charge in [-0.1, -0.05) is 46.5 Å². The van der Waals surface area contributed by atoms with Crippen molar-refractivity contribution in [2.75, 3.05) is 6.54 Å². The van der Waals surface area contributed by atoms with Crippen LogP contribution in [0.15, 0.2) is 9.98 Å². The molecule has 22 heavy (non-hydrogen) atoms. The number of hydrogen-bond acceptors (Lipinski definition) is 4. The van der Waals surface area contributed by atoms with Crippen LogP contribution in [0.1, 0.15) is 65.7 Å². The van der Waals surface area contributed by atoms with Gasteiger partial charge in [-0.05, 0) is 31.9 Å². The Hall–Kier alpha value is -0.940. The lowest BCUT2D eigenvalue weighted by molar-refractivity contribution is -0.0473. The van der Waals surface area contributed by atoms with Gasteiger partial charge in [-0.25, -0.2) is 0 Å². The number of rotatable bonds is 13. The molecule has 130 valence electrons. The van der Waals surface area contributed by atoms with Crippen molar-refractivity contribution in [1.29, 1.82) is 0 Å². The first kappa shape index (κ1) is 21.1. The van der Waals surface area contributed by atoms with E-state index in [0.717, 1.165) is 18.8 Å². The highest BCUT2D eigenvalue weighted by Crippen LogP contribution is 2.15. The summed E-state index contributed by atoms with van der Waals surface area (Å²) in [5.74, 6) is 1.42. The Kier molecular flexibility index (Phi) is 12.1. The van der Waals surface area contributed by atoms with E-state index in [1.165, 1.54) is 19.3 Å². The molecule has 0 aromatic carbocycles. The van der Waals surface area contributed by atoms with Crippen LogP contribution in [-0.2, 0) is 0 Å². The van der Waals surface area contributed by atoms with Gasteiger partial charge in [0, 0.05) is 5.92 Å². The molecule has 0 saturated carbocycles. The highest BCUT2D eigenvalue weighted by molar-refractivity contribution is 5.82. The average molecular weight is 313 g/mol. The zero-order valence-corrected chi connectivity index (χ0v) is 14.5. The van der Waals surface area contributed by atoms with Gasteiger partial charge in [0.1, 0.15) is 0 Å². The zero-order valence-electron chi connectivity index (χ0n) is 14.5. The maximum atomic E-state index is 8.91. The SMILES string of the molecule is C=NCC(CCCCC(C)CC)N=C(N)C(C)CCC(O)O. The molecule has 4 N–H and O–H groups in total. The van der Waals surface area contributed by atoms with E-state index in [9.17, 15) is 0 Å². The molecule has 5 nitrogen and oxygen atoms in total. The van der Waals surface area contributed by atoms with Gasteiger partial charge in [-0.2, -0.15) is 0 Å². The van der Waals surface area contributed by atoms with Gasteiger partial charge in [0.15, 0.2) is 6.29 Å². The van der Waals surface area contributed by atoms with E-state index in [4.69, 9.17) is 15.9 Å². The molecule has 3 atom stereocenters. The Morgan fingerprint density at radius 2 is 1.73 bits per heavy atom. The Morgan fingerprint density at radius 1 is 1.09 bits per heavy atom. The van der Waals surface area contributed by atoms with Crippen LogP contribution in [0, 0.1) is 11.8 Å². The fourth-order valence-electron chi connectivity index (χ4n) is 2.31. The second-order valence-electron chi connectivity index (χ2n) is 6.37. The van der Waals surface area contributed by atoms with Gasteiger partial charge in [0.05, 0.1) is 18.4 Å². The molecule has 3 unspecified atom stereocenters. The number of hydrogen-bond donors (Lipinski definition) is 3. The number of aliphatic hydroxyl groups excluding tert-OH is 1. The number of aliphatic hydroxyl groups is 2. The largest absolute Gasteiger partial charge is 0.387 e. The average Bonchev–Trinajstić information content (AvgIpc) is 2.48. The third-order valence-corrected chi connectivity index (χ3v) is 4.22. The lowest BCUT2D eigenvalue weighted by Gasteiger charge is -2.16. The number of nitrogens with two attached hydrogens (primary N) is 1. The Bertz CT molecular complexity index is 319. The van der Waals surface area contributed by atoms with Crippen molar-refractivity contribution in [1.82, 2.24) is 0 Å². The summed E-state index contributed by atoms with van der Waals surface area (Å²) in [6, 6.07) is 0.0935.